The summed E-state index contributed by atoms with van der Waals surface area (Å²) in [5, 5.41) is 11.5. The van der Waals surface area contributed by atoms with Gasteiger partial charge in [0.05, 0.1) is 5.71 Å². The van der Waals surface area contributed by atoms with E-state index in [9.17, 15) is 0 Å². The molecule has 0 fully saturated rings. The molecule has 0 heterocycles. The van der Waals surface area contributed by atoms with E-state index in [1.54, 1.807) is 18.7 Å². The predicted octanol–water partition coefficient (Wildman–Crippen LogP) is 2.63. The van der Waals surface area contributed by atoms with Gasteiger partial charge in [0.1, 0.15) is 0 Å². The van der Waals surface area contributed by atoms with E-state index in [-0.39, 0.29) is 0 Å². The van der Waals surface area contributed by atoms with Gasteiger partial charge in [-0.15, -0.1) is 11.8 Å². The zero-order chi connectivity index (χ0) is 8.81. The highest BCUT2D eigenvalue weighted by Crippen LogP contribution is 2.16. The second-order valence-electron chi connectivity index (χ2n) is 2.44. The molecule has 0 amide bonds. The molecule has 0 aliphatic heterocycles. The number of hydrogen-bond donors (Lipinski definition) is 1. The lowest BCUT2D eigenvalue weighted by Crippen LogP contribution is -1.93. The van der Waals surface area contributed by atoms with Crippen LogP contribution in [0, 0.1) is 0 Å². The van der Waals surface area contributed by atoms with Crippen molar-refractivity contribution in [1.82, 2.24) is 0 Å². The summed E-state index contributed by atoms with van der Waals surface area (Å²) in [5.41, 5.74) is 0.740. The van der Waals surface area contributed by atoms with Gasteiger partial charge in [-0.25, -0.2) is 0 Å². The third-order valence-electron chi connectivity index (χ3n) is 1.36. The Morgan fingerprint density at radius 3 is 2.67 bits per heavy atom. The van der Waals surface area contributed by atoms with E-state index in [2.05, 4.69) is 5.16 Å². The maximum absolute atomic E-state index is 8.39. The Labute approximate surface area is 76.3 Å². The van der Waals surface area contributed by atoms with E-state index in [4.69, 9.17) is 5.21 Å². The minimum atomic E-state index is 0.737. The summed E-state index contributed by atoms with van der Waals surface area (Å²) >= 11 is 1.66. The SMILES string of the molecule is C/C(CSc1ccccc1)=N\O. The van der Waals surface area contributed by atoms with Crippen LogP contribution in [-0.4, -0.2) is 16.7 Å². The molecule has 0 radical (unpaired) electrons. The molecular formula is C9H11NOS. The number of nitrogens with zero attached hydrogens (tertiary/aromatic N) is 1. The van der Waals surface area contributed by atoms with Crippen LogP contribution in [0.5, 0.6) is 0 Å². The average Bonchev–Trinajstić information content (AvgIpc) is 2.16. The molecule has 2 nitrogen and oxygen atoms in total. The van der Waals surface area contributed by atoms with E-state index in [0.717, 1.165) is 11.5 Å². The summed E-state index contributed by atoms with van der Waals surface area (Å²) < 4.78 is 0. The van der Waals surface area contributed by atoms with Crippen molar-refractivity contribution >= 4 is 17.5 Å². The molecule has 0 spiro atoms. The summed E-state index contributed by atoms with van der Waals surface area (Å²) in [4.78, 5) is 1.19. The Hall–Kier alpha value is -0.960. The first-order valence-corrected chi connectivity index (χ1v) is 4.67. The van der Waals surface area contributed by atoms with Gasteiger partial charge in [0.15, 0.2) is 0 Å². The normalized spacial score (nSPS) is 11.6. The molecule has 0 unspecified atom stereocenters. The molecule has 0 saturated heterocycles. The van der Waals surface area contributed by atoms with Crippen LogP contribution in [0.3, 0.4) is 0 Å². The Balaban J connectivity index is 2.44. The van der Waals surface area contributed by atoms with Gasteiger partial charge in [-0.2, -0.15) is 0 Å². The molecule has 0 saturated carbocycles. The molecule has 0 aliphatic rings. The van der Waals surface area contributed by atoms with Crippen molar-refractivity contribution in [3.63, 3.8) is 0 Å². The fraction of sp³-hybridized carbons (Fsp3) is 0.222. The molecule has 1 aromatic rings. The van der Waals surface area contributed by atoms with E-state index >= 15 is 0 Å². The van der Waals surface area contributed by atoms with E-state index in [0.29, 0.717) is 0 Å². The number of oxime groups is 1. The van der Waals surface area contributed by atoms with E-state index in [1.165, 1.54) is 4.90 Å². The highest BCUT2D eigenvalue weighted by atomic mass is 32.2. The highest BCUT2D eigenvalue weighted by Gasteiger charge is 1.94. The van der Waals surface area contributed by atoms with Crippen LogP contribution >= 0.6 is 11.8 Å². The quantitative estimate of drug-likeness (QED) is 0.336. The van der Waals surface area contributed by atoms with Gasteiger partial charge in [0.25, 0.3) is 0 Å². The van der Waals surface area contributed by atoms with E-state index < -0.39 is 0 Å². The Bertz CT molecular complexity index is 258. The monoisotopic (exact) mass is 181 g/mol. The van der Waals surface area contributed by atoms with Crippen molar-refractivity contribution in [3.05, 3.63) is 30.3 Å². The van der Waals surface area contributed by atoms with Crippen molar-refractivity contribution < 1.29 is 5.21 Å². The van der Waals surface area contributed by atoms with Crippen molar-refractivity contribution in [2.24, 2.45) is 5.16 Å². The molecule has 1 N–H and O–H groups in total. The van der Waals surface area contributed by atoms with Crippen LogP contribution in [0.4, 0.5) is 0 Å². The average molecular weight is 181 g/mol. The zero-order valence-electron chi connectivity index (χ0n) is 6.90. The van der Waals surface area contributed by atoms with Gasteiger partial charge in [-0.3, -0.25) is 0 Å². The first-order chi connectivity index (χ1) is 5.83. The third kappa shape index (κ3) is 2.96. The second-order valence-corrected chi connectivity index (χ2v) is 3.49. The van der Waals surface area contributed by atoms with E-state index in [1.807, 2.05) is 30.3 Å². The summed E-state index contributed by atoms with van der Waals surface area (Å²) in [5.74, 6) is 0.737. The molecule has 0 atom stereocenters. The molecule has 0 aliphatic carbocycles. The highest BCUT2D eigenvalue weighted by molar-refractivity contribution is 8.00. The predicted molar refractivity (Wildman–Crippen MR) is 52.1 cm³/mol. The van der Waals surface area contributed by atoms with Gasteiger partial charge in [-0.05, 0) is 19.1 Å². The van der Waals surface area contributed by atoms with Crippen LogP contribution < -0.4 is 0 Å². The number of benzene rings is 1. The summed E-state index contributed by atoms with van der Waals surface area (Å²) in [6, 6.07) is 10.0. The van der Waals surface area contributed by atoms with Gasteiger partial charge in [0.2, 0.25) is 0 Å². The molecule has 3 heteroatoms. The maximum Gasteiger partial charge on any atom is 0.0642 e. The third-order valence-corrected chi connectivity index (χ3v) is 2.53. The summed E-state index contributed by atoms with van der Waals surface area (Å²) in [6.07, 6.45) is 0. The number of rotatable bonds is 3. The molecule has 12 heavy (non-hydrogen) atoms. The second kappa shape index (κ2) is 4.83. The zero-order valence-corrected chi connectivity index (χ0v) is 7.71. The van der Waals surface area contributed by atoms with Gasteiger partial charge >= 0.3 is 0 Å². The number of thioether (sulfide) groups is 1. The van der Waals surface area contributed by atoms with Crippen molar-refractivity contribution in [2.75, 3.05) is 5.75 Å². The van der Waals surface area contributed by atoms with Crippen LogP contribution in [0.1, 0.15) is 6.92 Å². The number of hydrogen-bond acceptors (Lipinski definition) is 3. The first-order valence-electron chi connectivity index (χ1n) is 3.68. The lowest BCUT2D eigenvalue weighted by atomic mass is 10.4. The van der Waals surface area contributed by atoms with Gasteiger partial charge in [0, 0.05) is 10.6 Å². The first kappa shape index (κ1) is 9.13. The van der Waals surface area contributed by atoms with Crippen molar-refractivity contribution in [1.29, 1.82) is 0 Å². The summed E-state index contributed by atoms with van der Waals surface area (Å²) in [6.45, 7) is 1.80. The Morgan fingerprint density at radius 2 is 2.08 bits per heavy atom. The lowest BCUT2D eigenvalue weighted by Gasteiger charge is -1.98. The van der Waals surface area contributed by atoms with Gasteiger partial charge in [-0.1, -0.05) is 23.4 Å². The fourth-order valence-corrected chi connectivity index (χ4v) is 1.52. The topological polar surface area (TPSA) is 32.6 Å². The summed E-state index contributed by atoms with van der Waals surface area (Å²) in [7, 11) is 0. The molecule has 64 valence electrons. The van der Waals surface area contributed by atoms with Crippen molar-refractivity contribution in [2.45, 2.75) is 11.8 Å². The van der Waals surface area contributed by atoms with Crippen LogP contribution in [-0.2, 0) is 0 Å². The molecule has 0 aromatic heterocycles. The largest absolute Gasteiger partial charge is 0.411 e. The van der Waals surface area contributed by atoms with Crippen LogP contribution in [0.2, 0.25) is 0 Å². The maximum atomic E-state index is 8.39. The van der Waals surface area contributed by atoms with Crippen LogP contribution in [0.25, 0.3) is 0 Å². The minimum Gasteiger partial charge on any atom is -0.411 e. The Morgan fingerprint density at radius 1 is 1.42 bits per heavy atom. The van der Waals surface area contributed by atoms with Crippen LogP contribution in [0.15, 0.2) is 40.4 Å². The fourth-order valence-electron chi connectivity index (χ4n) is 0.733. The van der Waals surface area contributed by atoms with Gasteiger partial charge < -0.3 is 5.21 Å². The molecule has 0 bridgehead atoms. The minimum absolute atomic E-state index is 0.737. The Kier molecular flexibility index (Phi) is 3.67. The standard InChI is InChI=1S/C9H11NOS/c1-8(10-11)7-12-9-5-3-2-4-6-9/h2-6,11H,7H2,1H3/b10-8+. The molecule has 1 aromatic carbocycles. The molecule has 1 rings (SSSR count). The lowest BCUT2D eigenvalue weighted by molar-refractivity contribution is 0.318. The smallest absolute Gasteiger partial charge is 0.0642 e. The molecular weight excluding hydrogens is 170 g/mol. The van der Waals surface area contributed by atoms with Crippen molar-refractivity contribution in [3.8, 4) is 0 Å².